The number of nitro groups is 1. The second-order valence-corrected chi connectivity index (χ2v) is 5.14. The molecule has 0 amide bonds. The molecule has 1 saturated heterocycles. The predicted octanol–water partition coefficient (Wildman–Crippen LogP) is 2.26. The van der Waals surface area contributed by atoms with Gasteiger partial charge in [-0.3, -0.25) is 10.1 Å². The fourth-order valence-electron chi connectivity index (χ4n) is 2.51. The number of nitro benzene ring substituents is 1. The largest absolute Gasteiger partial charge is 0.389 e. The van der Waals surface area contributed by atoms with Crippen molar-refractivity contribution in [2.75, 3.05) is 25.2 Å². The number of aliphatic hydroxyl groups is 1. The van der Waals surface area contributed by atoms with Crippen LogP contribution in [0.15, 0.2) is 18.2 Å². The van der Waals surface area contributed by atoms with Crippen LogP contribution < -0.4 is 4.90 Å². The maximum Gasteiger partial charge on any atom is 0.292 e. The first-order chi connectivity index (χ1) is 9.50. The van der Waals surface area contributed by atoms with Gasteiger partial charge in [-0.05, 0) is 31.4 Å². The monoisotopic (exact) mass is 280 g/mol. The maximum absolute atomic E-state index is 11.3. The lowest BCUT2D eigenvalue weighted by molar-refractivity contribution is -0.384. The van der Waals surface area contributed by atoms with Gasteiger partial charge in [0.1, 0.15) is 5.69 Å². The zero-order valence-corrected chi connectivity index (χ0v) is 11.8. The first-order valence-corrected chi connectivity index (χ1v) is 6.77. The Morgan fingerprint density at radius 1 is 1.45 bits per heavy atom. The van der Waals surface area contributed by atoms with Crippen molar-refractivity contribution < 1.29 is 14.8 Å². The van der Waals surface area contributed by atoms with Crippen molar-refractivity contribution in [2.45, 2.75) is 31.9 Å². The van der Waals surface area contributed by atoms with E-state index in [0.717, 1.165) is 12.8 Å². The van der Waals surface area contributed by atoms with Crippen LogP contribution >= 0.6 is 0 Å². The van der Waals surface area contributed by atoms with Gasteiger partial charge in [0.2, 0.25) is 0 Å². The number of benzene rings is 1. The van der Waals surface area contributed by atoms with Gasteiger partial charge >= 0.3 is 0 Å². The van der Waals surface area contributed by atoms with Crippen molar-refractivity contribution >= 4 is 11.4 Å². The molecule has 6 nitrogen and oxygen atoms in total. The van der Waals surface area contributed by atoms with Crippen LogP contribution in [-0.4, -0.2) is 36.3 Å². The summed E-state index contributed by atoms with van der Waals surface area (Å²) < 4.78 is 5.32. The smallest absolute Gasteiger partial charge is 0.292 e. The van der Waals surface area contributed by atoms with Gasteiger partial charge in [-0.2, -0.15) is 0 Å². The molecule has 1 unspecified atom stereocenters. The van der Waals surface area contributed by atoms with Gasteiger partial charge in [-0.25, -0.2) is 0 Å². The molecular formula is C14H20N2O4. The maximum atomic E-state index is 11.3. The highest BCUT2D eigenvalue weighted by molar-refractivity contribution is 5.64. The highest BCUT2D eigenvalue weighted by Crippen LogP contribution is 2.33. The topological polar surface area (TPSA) is 75.8 Å². The number of rotatable bonds is 4. The van der Waals surface area contributed by atoms with Gasteiger partial charge in [0, 0.05) is 32.4 Å². The molecule has 2 rings (SSSR count). The summed E-state index contributed by atoms with van der Waals surface area (Å²) in [6.07, 6.45) is 1.02. The van der Waals surface area contributed by atoms with Crippen molar-refractivity contribution in [3.63, 3.8) is 0 Å². The van der Waals surface area contributed by atoms with E-state index in [2.05, 4.69) is 0 Å². The first kappa shape index (κ1) is 14.7. The zero-order chi connectivity index (χ0) is 14.7. The van der Waals surface area contributed by atoms with Gasteiger partial charge in [-0.1, -0.05) is 6.07 Å². The van der Waals surface area contributed by atoms with E-state index >= 15 is 0 Å². The van der Waals surface area contributed by atoms with Crippen molar-refractivity contribution in [2.24, 2.45) is 0 Å². The van der Waals surface area contributed by atoms with Crippen molar-refractivity contribution in [3.05, 3.63) is 33.9 Å². The van der Waals surface area contributed by atoms with E-state index in [1.165, 1.54) is 6.07 Å². The Morgan fingerprint density at radius 2 is 2.10 bits per heavy atom. The molecule has 1 fully saturated rings. The summed E-state index contributed by atoms with van der Waals surface area (Å²) in [4.78, 5) is 12.8. The Balaban J connectivity index is 2.31. The second-order valence-electron chi connectivity index (χ2n) is 5.14. The quantitative estimate of drug-likeness (QED) is 0.676. The molecule has 1 aliphatic heterocycles. The standard InChI is InChI=1S/C14H20N2O4/c1-10(17)11-3-4-13(14(9-11)16(18)19)15(2)12-5-7-20-8-6-12/h3-4,9-10,12,17H,5-8H2,1-2H3. The summed E-state index contributed by atoms with van der Waals surface area (Å²) >= 11 is 0. The number of hydrogen-bond donors (Lipinski definition) is 1. The molecule has 20 heavy (non-hydrogen) atoms. The number of nitrogens with zero attached hydrogens (tertiary/aromatic N) is 2. The lowest BCUT2D eigenvalue weighted by Crippen LogP contribution is -2.37. The number of hydrogen-bond acceptors (Lipinski definition) is 5. The highest BCUT2D eigenvalue weighted by atomic mass is 16.6. The minimum atomic E-state index is -0.712. The lowest BCUT2D eigenvalue weighted by atomic mass is 10.0. The Morgan fingerprint density at radius 3 is 2.65 bits per heavy atom. The van der Waals surface area contributed by atoms with E-state index in [1.807, 2.05) is 11.9 Å². The molecule has 0 spiro atoms. The minimum Gasteiger partial charge on any atom is -0.389 e. The van der Waals surface area contributed by atoms with Crippen molar-refractivity contribution in [1.82, 2.24) is 0 Å². The molecule has 0 aliphatic carbocycles. The van der Waals surface area contributed by atoms with Crippen LogP contribution in [0.25, 0.3) is 0 Å². The van der Waals surface area contributed by atoms with Crippen molar-refractivity contribution in [1.29, 1.82) is 0 Å². The molecule has 0 bridgehead atoms. The van der Waals surface area contributed by atoms with E-state index < -0.39 is 11.0 Å². The molecule has 1 aromatic carbocycles. The third-order valence-electron chi connectivity index (χ3n) is 3.80. The van der Waals surface area contributed by atoms with E-state index in [1.54, 1.807) is 19.1 Å². The summed E-state index contributed by atoms with van der Waals surface area (Å²) in [5.74, 6) is 0. The summed E-state index contributed by atoms with van der Waals surface area (Å²) in [6.45, 7) is 2.98. The average Bonchev–Trinajstić information content (AvgIpc) is 2.46. The zero-order valence-electron chi connectivity index (χ0n) is 11.8. The number of anilines is 1. The highest BCUT2D eigenvalue weighted by Gasteiger charge is 2.25. The molecule has 110 valence electrons. The summed E-state index contributed by atoms with van der Waals surface area (Å²) in [7, 11) is 1.88. The molecule has 1 aliphatic rings. The van der Waals surface area contributed by atoms with Crippen LogP contribution in [0.1, 0.15) is 31.4 Å². The van der Waals surface area contributed by atoms with Crippen LogP contribution in [0.4, 0.5) is 11.4 Å². The number of aliphatic hydroxyl groups excluding tert-OH is 1. The Kier molecular flexibility index (Phi) is 4.57. The van der Waals surface area contributed by atoms with Crippen LogP contribution in [0.2, 0.25) is 0 Å². The van der Waals surface area contributed by atoms with Gasteiger partial charge in [0.25, 0.3) is 5.69 Å². The molecule has 1 atom stereocenters. The van der Waals surface area contributed by atoms with Gasteiger partial charge in [0.05, 0.1) is 11.0 Å². The second kappa shape index (κ2) is 6.19. The number of ether oxygens (including phenoxy) is 1. The van der Waals surface area contributed by atoms with E-state index in [9.17, 15) is 15.2 Å². The molecule has 1 N–H and O–H groups in total. The molecule has 1 heterocycles. The van der Waals surface area contributed by atoms with Gasteiger partial charge < -0.3 is 14.7 Å². The molecule has 0 aromatic heterocycles. The van der Waals surface area contributed by atoms with Crippen LogP contribution in [-0.2, 0) is 4.74 Å². The summed E-state index contributed by atoms with van der Waals surface area (Å²) in [5.41, 5.74) is 1.18. The Labute approximate surface area is 118 Å². The van der Waals surface area contributed by atoms with E-state index in [4.69, 9.17) is 4.74 Å². The van der Waals surface area contributed by atoms with E-state index in [0.29, 0.717) is 24.5 Å². The van der Waals surface area contributed by atoms with E-state index in [-0.39, 0.29) is 11.7 Å². The van der Waals surface area contributed by atoms with Crippen molar-refractivity contribution in [3.8, 4) is 0 Å². The normalized spacial score (nSPS) is 17.8. The van der Waals surface area contributed by atoms with Gasteiger partial charge in [-0.15, -0.1) is 0 Å². The molecular weight excluding hydrogens is 260 g/mol. The fraction of sp³-hybridized carbons (Fsp3) is 0.571. The molecule has 0 saturated carbocycles. The third-order valence-corrected chi connectivity index (χ3v) is 3.80. The Bertz CT molecular complexity index is 484. The van der Waals surface area contributed by atoms with Crippen LogP contribution in [0, 0.1) is 10.1 Å². The van der Waals surface area contributed by atoms with Crippen LogP contribution in [0.5, 0.6) is 0 Å². The predicted molar refractivity (Wildman–Crippen MR) is 76.0 cm³/mol. The molecule has 0 radical (unpaired) electrons. The Hall–Kier alpha value is -1.66. The minimum absolute atomic E-state index is 0.0393. The summed E-state index contributed by atoms with van der Waals surface area (Å²) in [5, 5.41) is 20.8. The summed E-state index contributed by atoms with van der Waals surface area (Å²) in [6, 6.07) is 5.16. The molecule has 1 aromatic rings. The van der Waals surface area contributed by atoms with Gasteiger partial charge in [0.15, 0.2) is 0 Å². The van der Waals surface area contributed by atoms with Crippen LogP contribution in [0.3, 0.4) is 0 Å². The average molecular weight is 280 g/mol. The third kappa shape index (κ3) is 3.08. The first-order valence-electron chi connectivity index (χ1n) is 6.77. The molecule has 6 heteroatoms. The SMILES string of the molecule is CC(O)c1ccc(N(C)C2CCOCC2)c([N+](=O)[O-])c1. The lowest BCUT2D eigenvalue weighted by Gasteiger charge is -2.32. The fourth-order valence-corrected chi connectivity index (χ4v) is 2.51.